The summed E-state index contributed by atoms with van der Waals surface area (Å²) in [6.07, 6.45) is 1.20. The molecule has 0 saturated carbocycles. The highest BCUT2D eigenvalue weighted by Crippen LogP contribution is 2.34. The minimum absolute atomic E-state index is 0.580. The molecule has 1 heterocycles. The first-order valence-corrected chi connectivity index (χ1v) is 6.71. The molecule has 16 heavy (non-hydrogen) atoms. The van der Waals surface area contributed by atoms with Crippen molar-refractivity contribution in [1.82, 2.24) is 10.6 Å². The fourth-order valence-electron chi connectivity index (χ4n) is 2.57. The van der Waals surface area contributed by atoms with Gasteiger partial charge in [0, 0.05) is 29.0 Å². The zero-order chi connectivity index (χ0) is 11.5. The minimum atomic E-state index is 0.580. The molecule has 2 nitrogen and oxygen atoms in total. The summed E-state index contributed by atoms with van der Waals surface area (Å²) < 4.78 is 1.15. The lowest BCUT2D eigenvalue weighted by Gasteiger charge is -2.46. The molecule has 0 spiro atoms. The van der Waals surface area contributed by atoms with Crippen molar-refractivity contribution in [2.75, 3.05) is 13.6 Å². The lowest BCUT2D eigenvalue weighted by molar-refractivity contribution is 0.203. The third-order valence-corrected chi connectivity index (χ3v) is 3.94. The van der Waals surface area contributed by atoms with E-state index in [-0.39, 0.29) is 0 Å². The van der Waals surface area contributed by atoms with Gasteiger partial charge >= 0.3 is 0 Å². The Labute approximate surface area is 106 Å². The summed E-state index contributed by atoms with van der Waals surface area (Å²) in [6, 6.07) is 9.96. The van der Waals surface area contributed by atoms with Crippen LogP contribution in [0.15, 0.2) is 28.7 Å². The first kappa shape index (κ1) is 12.1. The molecular formula is C13H19BrN2. The fraction of sp³-hybridized carbons (Fsp3) is 0.538. The number of hydrogen-bond acceptors (Lipinski definition) is 2. The standard InChI is InChI=1S/C13H19BrN2/c1-3-11-13(12(16-11)8-15-2)9-4-6-10(14)7-5-9/h4-7,11-13,15-16H,3,8H2,1-2H3/t11-,12?,13+/m1/s1. The number of benzene rings is 1. The SMILES string of the molecule is CC[C@H]1NC(CNC)[C@H]1c1ccc(Br)cc1. The maximum atomic E-state index is 3.62. The first-order chi connectivity index (χ1) is 7.76. The molecule has 0 aliphatic carbocycles. The average Bonchev–Trinajstić information content (AvgIpc) is 2.27. The van der Waals surface area contributed by atoms with Gasteiger partial charge < -0.3 is 10.6 Å². The van der Waals surface area contributed by atoms with E-state index in [1.165, 1.54) is 12.0 Å². The van der Waals surface area contributed by atoms with Gasteiger partial charge in [-0.05, 0) is 31.2 Å². The number of rotatable bonds is 4. The highest BCUT2D eigenvalue weighted by molar-refractivity contribution is 9.10. The number of hydrogen-bond donors (Lipinski definition) is 2. The van der Waals surface area contributed by atoms with Crippen LogP contribution in [0.25, 0.3) is 0 Å². The van der Waals surface area contributed by atoms with Crippen molar-refractivity contribution in [2.24, 2.45) is 0 Å². The van der Waals surface area contributed by atoms with Crippen molar-refractivity contribution >= 4 is 15.9 Å². The average molecular weight is 283 g/mol. The number of halogens is 1. The van der Waals surface area contributed by atoms with E-state index >= 15 is 0 Å². The van der Waals surface area contributed by atoms with Gasteiger partial charge in [0.05, 0.1) is 0 Å². The van der Waals surface area contributed by atoms with E-state index in [2.05, 4.69) is 57.8 Å². The fourth-order valence-corrected chi connectivity index (χ4v) is 2.84. The summed E-state index contributed by atoms with van der Waals surface area (Å²) in [7, 11) is 2.01. The normalized spacial score (nSPS) is 28.8. The first-order valence-electron chi connectivity index (χ1n) is 5.92. The Morgan fingerprint density at radius 2 is 1.94 bits per heavy atom. The second-order valence-electron chi connectivity index (χ2n) is 4.42. The summed E-state index contributed by atoms with van der Waals surface area (Å²) in [5.41, 5.74) is 1.45. The van der Waals surface area contributed by atoms with Crippen molar-refractivity contribution in [2.45, 2.75) is 31.3 Å². The molecule has 0 bridgehead atoms. The zero-order valence-corrected chi connectivity index (χ0v) is 11.4. The Bertz CT molecular complexity index is 336. The van der Waals surface area contributed by atoms with Gasteiger partial charge in [-0.1, -0.05) is 35.0 Å². The zero-order valence-electron chi connectivity index (χ0n) is 9.83. The number of nitrogens with one attached hydrogen (secondary N) is 2. The highest BCUT2D eigenvalue weighted by atomic mass is 79.9. The van der Waals surface area contributed by atoms with Crippen LogP contribution in [0.1, 0.15) is 24.8 Å². The molecule has 1 aromatic carbocycles. The third-order valence-electron chi connectivity index (χ3n) is 3.41. The summed E-state index contributed by atoms with van der Waals surface area (Å²) in [5.74, 6) is 0.658. The van der Waals surface area contributed by atoms with Gasteiger partial charge in [0.25, 0.3) is 0 Å². The van der Waals surface area contributed by atoms with Crippen LogP contribution in [0.4, 0.5) is 0 Å². The Morgan fingerprint density at radius 1 is 1.25 bits per heavy atom. The van der Waals surface area contributed by atoms with E-state index in [4.69, 9.17) is 0 Å². The molecule has 0 amide bonds. The van der Waals surface area contributed by atoms with Crippen molar-refractivity contribution in [1.29, 1.82) is 0 Å². The largest absolute Gasteiger partial charge is 0.318 e. The van der Waals surface area contributed by atoms with Crippen LogP contribution in [0, 0.1) is 0 Å². The monoisotopic (exact) mass is 282 g/mol. The van der Waals surface area contributed by atoms with E-state index in [0.717, 1.165) is 11.0 Å². The molecule has 1 saturated heterocycles. The van der Waals surface area contributed by atoms with Crippen LogP contribution in [-0.2, 0) is 0 Å². The molecule has 0 aromatic heterocycles. The van der Waals surface area contributed by atoms with E-state index in [9.17, 15) is 0 Å². The van der Waals surface area contributed by atoms with Gasteiger partial charge in [-0.2, -0.15) is 0 Å². The molecule has 2 rings (SSSR count). The third kappa shape index (κ3) is 2.31. The summed E-state index contributed by atoms with van der Waals surface area (Å²) >= 11 is 3.48. The van der Waals surface area contributed by atoms with Crippen LogP contribution in [-0.4, -0.2) is 25.7 Å². The summed E-state index contributed by atoms with van der Waals surface area (Å²) in [4.78, 5) is 0. The molecule has 1 aromatic rings. The smallest absolute Gasteiger partial charge is 0.0278 e. The molecule has 2 N–H and O–H groups in total. The second kappa shape index (κ2) is 5.30. The molecule has 0 radical (unpaired) electrons. The lowest BCUT2D eigenvalue weighted by atomic mass is 9.76. The Kier molecular flexibility index (Phi) is 4.00. The van der Waals surface area contributed by atoms with Crippen molar-refractivity contribution < 1.29 is 0 Å². The predicted molar refractivity (Wildman–Crippen MR) is 71.8 cm³/mol. The molecule has 1 fully saturated rings. The van der Waals surface area contributed by atoms with Gasteiger partial charge in [-0.25, -0.2) is 0 Å². The van der Waals surface area contributed by atoms with Gasteiger partial charge in [0.1, 0.15) is 0 Å². The van der Waals surface area contributed by atoms with Crippen molar-refractivity contribution in [3.63, 3.8) is 0 Å². The van der Waals surface area contributed by atoms with Crippen molar-refractivity contribution in [3.05, 3.63) is 34.3 Å². The van der Waals surface area contributed by atoms with E-state index in [1.807, 2.05) is 7.05 Å². The summed E-state index contributed by atoms with van der Waals surface area (Å²) in [6.45, 7) is 3.29. The molecule has 1 aliphatic heterocycles. The van der Waals surface area contributed by atoms with Gasteiger partial charge in [-0.3, -0.25) is 0 Å². The Hall–Kier alpha value is -0.380. The molecule has 88 valence electrons. The Balaban J connectivity index is 2.12. The van der Waals surface area contributed by atoms with Crippen LogP contribution in [0.5, 0.6) is 0 Å². The minimum Gasteiger partial charge on any atom is -0.318 e. The highest BCUT2D eigenvalue weighted by Gasteiger charge is 2.39. The molecule has 3 heteroatoms. The van der Waals surface area contributed by atoms with Gasteiger partial charge in [0.15, 0.2) is 0 Å². The van der Waals surface area contributed by atoms with E-state index in [1.54, 1.807) is 0 Å². The van der Waals surface area contributed by atoms with E-state index < -0.39 is 0 Å². The van der Waals surface area contributed by atoms with Crippen LogP contribution >= 0.6 is 15.9 Å². The molecule has 1 aliphatic rings. The predicted octanol–water partition coefficient (Wildman–Crippen LogP) is 2.50. The molecular weight excluding hydrogens is 264 g/mol. The maximum absolute atomic E-state index is 3.62. The van der Waals surface area contributed by atoms with Crippen LogP contribution < -0.4 is 10.6 Å². The topological polar surface area (TPSA) is 24.1 Å². The lowest BCUT2D eigenvalue weighted by Crippen LogP contribution is -2.62. The Morgan fingerprint density at radius 3 is 2.50 bits per heavy atom. The van der Waals surface area contributed by atoms with Crippen LogP contribution in [0.2, 0.25) is 0 Å². The summed E-state index contributed by atoms with van der Waals surface area (Å²) in [5, 5.41) is 6.87. The quantitative estimate of drug-likeness (QED) is 0.887. The molecule has 3 atom stereocenters. The van der Waals surface area contributed by atoms with Gasteiger partial charge in [0.2, 0.25) is 0 Å². The maximum Gasteiger partial charge on any atom is 0.0278 e. The van der Waals surface area contributed by atoms with Crippen LogP contribution in [0.3, 0.4) is 0 Å². The van der Waals surface area contributed by atoms with E-state index in [0.29, 0.717) is 18.0 Å². The van der Waals surface area contributed by atoms with Gasteiger partial charge in [-0.15, -0.1) is 0 Å². The number of likely N-dealkylation sites (N-methyl/N-ethyl adjacent to an activating group) is 1. The van der Waals surface area contributed by atoms with Crippen molar-refractivity contribution in [3.8, 4) is 0 Å². The second-order valence-corrected chi connectivity index (χ2v) is 5.34. The molecule has 1 unspecified atom stereocenters.